The summed E-state index contributed by atoms with van der Waals surface area (Å²) >= 11 is 0. The number of ether oxygens (including phenoxy) is 3. The van der Waals surface area contributed by atoms with Crippen LogP contribution < -0.4 is 11.5 Å². The molecule has 5 heteroatoms. The number of nitrogens with two attached hydrogens (primary N) is 2. The second-order valence-electron chi connectivity index (χ2n) is 6.71. The Morgan fingerprint density at radius 3 is 2.19 bits per heavy atom. The topological polar surface area (TPSA) is 79.7 Å². The standard InChI is InChI=1S/C22H32N2O3/c1-25-14-15-26-17-27-22(19-10-6-3-7-11-19)21(24)13-12-20(23)16-18-8-4-2-5-9-18/h2-11,20-22H,12-17,23-24H2,1H3. The van der Waals surface area contributed by atoms with Crippen LogP contribution in [0.1, 0.15) is 30.1 Å². The van der Waals surface area contributed by atoms with Gasteiger partial charge in [0.25, 0.3) is 0 Å². The van der Waals surface area contributed by atoms with Crippen molar-refractivity contribution in [3.8, 4) is 0 Å². The van der Waals surface area contributed by atoms with E-state index in [1.165, 1.54) is 5.56 Å². The number of hydrogen-bond acceptors (Lipinski definition) is 5. The Morgan fingerprint density at radius 1 is 0.852 bits per heavy atom. The molecule has 0 fully saturated rings. The molecule has 0 aromatic heterocycles. The number of hydrogen-bond donors (Lipinski definition) is 2. The van der Waals surface area contributed by atoms with Crippen molar-refractivity contribution >= 4 is 0 Å². The quantitative estimate of drug-likeness (QED) is 0.417. The molecule has 5 nitrogen and oxygen atoms in total. The van der Waals surface area contributed by atoms with Crippen molar-refractivity contribution in [3.05, 3.63) is 71.8 Å². The molecule has 4 N–H and O–H groups in total. The van der Waals surface area contributed by atoms with Gasteiger partial charge in [-0.15, -0.1) is 0 Å². The fourth-order valence-electron chi connectivity index (χ4n) is 3.01. The van der Waals surface area contributed by atoms with Crippen molar-refractivity contribution in [1.29, 1.82) is 0 Å². The van der Waals surface area contributed by atoms with E-state index in [1.807, 2.05) is 48.5 Å². The fraction of sp³-hybridized carbons (Fsp3) is 0.455. The first-order valence-electron chi connectivity index (χ1n) is 9.49. The van der Waals surface area contributed by atoms with E-state index >= 15 is 0 Å². The summed E-state index contributed by atoms with van der Waals surface area (Å²) in [6.07, 6.45) is 2.25. The lowest BCUT2D eigenvalue weighted by atomic mass is 9.95. The molecule has 2 aromatic rings. The molecule has 0 radical (unpaired) electrons. The lowest BCUT2D eigenvalue weighted by molar-refractivity contribution is -0.106. The van der Waals surface area contributed by atoms with Crippen LogP contribution in [-0.4, -0.2) is 39.2 Å². The minimum absolute atomic E-state index is 0.0767. The number of methoxy groups -OCH3 is 1. The molecule has 0 saturated heterocycles. The van der Waals surface area contributed by atoms with Crippen LogP contribution in [0.5, 0.6) is 0 Å². The average Bonchev–Trinajstić information content (AvgIpc) is 2.70. The van der Waals surface area contributed by atoms with Gasteiger partial charge in [0.15, 0.2) is 0 Å². The highest BCUT2D eigenvalue weighted by molar-refractivity contribution is 5.19. The Morgan fingerprint density at radius 2 is 1.52 bits per heavy atom. The van der Waals surface area contributed by atoms with E-state index in [0.29, 0.717) is 13.2 Å². The molecule has 3 atom stereocenters. The van der Waals surface area contributed by atoms with E-state index in [0.717, 1.165) is 24.8 Å². The Labute approximate surface area is 162 Å². The van der Waals surface area contributed by atoms with Crippen LogP contribution in [-0.2, 0) is 20.6 Å². The molecule has 27 heavy (non-hydrogen) atoms. The number of rotatable bonds is 13. The summed E-state index contributed by atoms with van der Waals surface area (Å²) in [5, 5.41) is 0. The highest BCUT2D eigenvalue weighted by atomic mass is 16.7. The van der Waals surface area contributed by atoms with E-state index < -0.39 is 0 Å². The summed E-state index contributed by atoms with van der Waals surface area (Å²) in [7, 11) is 1.64. The van der Waals surface area contributed by atoms with Gasteiger partial charge in [-0.1, -0.05) is 60.7 Å². The van der Waals surface area contributed by atoms with Crippen molar-refractivity contribution < 1.29 is 14.2 Å². The SMILES string of the molecule is COCCOCOC(c1ccccc1)C(N)CCC(N)Cc1ccccc1. The Kier molecular flexibility index (Phi) is 10.0. The van der Waals surface area contributed by atoms with Crippen LogP contribution in [0, 0.1) is 0 Å². The second kappa shape index (κ2) is 12.6. The molecule has 0 bridgehead atoms. The summed E-state index contributed by atoms with van der Waals surface area (Å²) < 4.78 is 16.4. The fourth-order valence-corrected chi connectivity index (χ4v) is 3.01. The van der Waals surface area contributed by atoms with Gasteiger partial charge in [0.05, 0.1) is 13.2 Å². The summed E-state index contributed by atoms with van der Waals surface area (Å²) in [6, 6.07) is 20.3. The lowest BCUT2D eigenvalue weighted by Gasteiger charge is -2.26. The van der Waals surface area contributed by atoms with Gasteiger partial charge < -0.3 is 25.7 Å². The third kappa shape index (κ3) is 8.20. The summed E-state index contributed by atoms with van der Waals surface area (Å²) in [4.78, 5) is 0. The smallest absolute Gasteiger partial charge is 0.147 e. The van der Waals surface area contributed by atoms with Crippen LogP contribution in [0.2, 0.25) is 0 Å². The van der Waals surface area contributed by atoms with Crippen LogP contribution in [0.4, 0.5) is 0 Å². The largest absolute Gasteiger partial charge is 0.382 e. The van der Waals surface area contributed by atoms with E-state index in [1.54, 1.807) is 7.11 Å². The third-order valence-electron chi connectivity index (χ3n) is 4.49. The van der Waals surface area contributed by atoms with Crippen LogP contribution in [0.15, 0.2) is 60.7 Å². The first-order chi connectivity index (χ1) is 13.2. The molecule has 0 amide bonds. The van der Waals surface area contributed by atoms with Gasteiger partial charge in [0.2, 0.25) is 0 Å². The van der Waals surface area contributed by atoms with Crippen molar-refractivity contribution in [3.63, 3.8) is 0 Å². The average molecular weight is 373 g/mol. The number of benzene rings is 2. The van der Waals surface area contributed by atoms with Crippen LogP contribution >= 0.6 is 0 Å². The van der Waals surface area contributed by atoms with Crippen molar-refractivity contribution in [2.45, 2.75) is 37.5 Å². The Hall–Kier alpha value is -1.76. The van der Waals surface area contributed by atoms with Gasteiger partial charge in [-0.2, -0.15) is 0 Å². The van der Waals surface area contributed by atoms with Crippen molar-refractivity contribution in [1.82, 2.24) is 0 Å². The predicted octanol–water partition coefficient (Wildman–Crippen LogP) is 3.04. The van der Waals surface area contributed by atoms with E-state index in [2.05, 4.69) is 12.1 Å². The lowest BCUT2D eigenvalue weighted by Crippen LogP contribution is -2.34. The first kappa shape index (κ1) is 21.5. The minimum Gasteiger partial charge on any atom is -0.382 e. The van der Waals surface area contributed by atoms with Gasteiger partial charge in [0.1, 0.15) is 12.9 Å². The molecule has 3 unspecified atom stereocenters. The maximum atomic E-state index is 6.47. The Bertz CT molecular complexity index is 609. The highest BCUT2D eigenvalue weighted by Gasteiger charge is 2.21. The Balaban J connectivity index is 1.85. The molecule has 148 valence electrons. The van der Waals surface area contributed by atoms with Crippen LogP contribution in [0.3, 0.4) is 0 Å². The maximum absolute atomic E-state index is 6.47. The molecule has 0 aliphatic heterocycles. The molecule has 0 saturated carbocycles. The van der Waals surface area contributed by atoms with Gasteiger partial charge >= 0.3 is 0 Å². The zero-order valence-corrected chi connectivity index (χ0v) is 16.1. The van der Waals surface area contributed by atoms with E-state index in [4.69, 9.17) is 25.7 Å². The molecule has 2 aromatic carbocycles. The molecule has 0 aliphatic rings. The normalized spacial score (nSPS) is 14.6. The highest BCUT2D eigenvalue weighted by Crippen LogP contribution is 2.23. The summed E-state index contributed by atoms with van der Waals surface area (Å²) in [5.74, 6) is 0. The van der Waals surface area contributed by atoms with Crippen LogP contribution in [0.25, 0.3) is 0 Å². The molecule has 0 aliphatic carbocycles. The van der Waals surface area contributed by atoms with Gasteiger partial charge in [-0.25, -0.2) is 0 Å². The molecular formula is C22H32N2O3. The van der Waals surface area contributed by atoms with Gasteiger partial charge in [0, 0.05) is 19.2 Å². The summed E-state index contributed by atoms with van der Waals surface area (Å²) in [6.45, 7) is 1.22. The zero-order valence-electron chi connectivity index (χ0n) is 16.1. The van der Waals surface area contributed by atoms with E-state index in [9.17, 15) is 0 Å². The minimum atomic E-state index is -0.224. The first-order valence-corrected chi connectivity index (χ1v) is 9.49. The third-order valence-corrected chi connectivity index (χ3v) is 4.49. The second-order valence-corrected chi connectivity index (χ2v) is 6.71. The molecular weight excluding hydrogens is 340 g/mol. The zero-order chi connectivity index (χ0) is 19.3. The van der Waals surface area contributed by atoms with Gasteiger partial charge in [-0.05, 0) is 30.4 Å². The summed E-state index contributed by atoms with van der Waals surface area (Å²) in [5.41, 5.74) is 15.1. The van der Waals surface area contributed by atoms with Crippen molar-refractivity contribution in [2.24, 2.45) is 11.5 Å². The molecule has 0 spiro atoms. The molecule has 2 rings (SSSR count). The van der Waals surface area contributed by atoms with E-state index in [-0.39, 0.29) is 25.0 Å². The van der Waals surface area contributed by atoms with Gasteiger partial charge in [-0.3, -0.25) is 0 Å². The van der Waals surface area contributed by atoms with Crippen molar-refractivity contribution in [2.75, 3.05) is 27.1 Å². The maximum Gasteiger partial charge on any atom is 0.147 e. The molecule has 0 heterocycles. The monoisotopic (exact) mass is 372 g/mol. The predicted molar refractivity (Wildman–Crippen MR) is 108 cm³/mol.